The van der Waals surface area contributed by atoms with Gasteiger partial charge in [-0.15, -0.1) is 0 Å². The zero-order chi connectivity index (χ0) is 19.9. The molecule has 0 fully saturated rings. The molecule has 0 saturated carbocycles. The summed E-state index contributed by atoms with van der Waals surface area (Å²) in [7, 11) is 0. The summed E-state index contributed by atoms with van der Waals surface area (Å²) in [4.78, 5) is 22.8. The number of amides is 1. The molecule has 1 aliphatic heterocycles. The lowest BCUT2D eigenvalue weighted by Gasteiger charge is -2.32. The van der Waals surface area contributed by atoms with E-state index in [0.717, 1.165) is 17.5 Å². The number of benzene rings is 1. The third kappa shape index (κ3) is 7.03. The molecule has 1 aromatic rings. The number of aldehydes is 1. The van der Waals surface area contributed by atoms with Crippen molar-refractivity contribution in [2.75, 3.05) is 18.4 Å². The Labute approximate surface area is 160 Å². The minimum atomic E-state index is -0.548. The van der Waals surface area contributed by atoms with Crippen molar-refractivity contribution in [1.82, 2.24) is 10.6 Å². The van der Waals surface area contributed by atoms with Gasteiger partial charge in [0.05, 0.1) is 18.2 Å². The molecule has 2 rings (SSSR count). The maximum Gasteiger partial charge on any atom is 0.407 e. The first-order chi connectivity index (χ1) is 12.8. The summed E-state index contributed by atoms with van der Waals surface area (Å²) in [6, 6.07) is 7.18. The average molecular weight is 375 g/mol. The highest BCUT2D eigenvalue weighted by Gasteiger charge is 2.26. The molecule has 7 heteroatoms. The van der Waals surface area contributed by atoms with Gasteiger partial charge in [-0.1, -0.05) is 30.4 Å². The minimum absolute atomic E-state index is 0.185. The third-order valence-electron chi connectivity index (χ3n) is 4.08. The molecule has 1 amide bonds. The largest absolute Gasteiger partial charge is 0.444 e. The van der Waals surface area contributed by atoms with Gasteiger partial charge in [0.15, 0.2) is 0 Å². The van der Waals surface area contributed by atoms with E-state index in [9.17, 15) is 14.7 Å². The first-order valence-electron chi connectivity index (χ1n) is 9.13. The third-order valence-corrected chi connectivity index (χ3v) is 4.08. The standard InChI is InChI=1S/C20H29N3O4/c1-20(2,3)27-19(26)21-10-6-8-15(13-24)22-12-17-18(25)11-14-7-4-5-9-16(14)23-17/h4-9,13,15,17-18,22-23,25H,10-12H2,1-3H3,(H,21,26)/b8-6+. The van der Waals surface area contributed by atoms with E-state index in [0.29, 0.717) is 13.0 Å². The Morgan fingerprint density at radius 1 is 1.41 bits per heavy atom. The van der Waals surface area contributed by atoms with Crippen LogP contribution in [0.3, 0.4) is 0 Å². The molecule has 4 N–H and O–H groups in total. The number of hydrogen-bond acceptors (Lipinski definition) is 6. The van der Waals surface area contributed by atoms with Crippen LogP contribution in [0, 0.1) is 0 Å². The molecule has 0 radical (unpaired) electrons. The number of aliphatic hydroxyl groups is 1. The fourth-order valence-corrected chi connectivity index (χ4v) is 2.79. The molecule has 3 atom stereocenters. The number of anilines is 1. The van der Waals surface area contributed by atoms with E-state index in [4.69, 9.17) is 4.74 Å². The van der Waals surface area contributed by atoms with Crippen LogP contribution >= 0.6 is 0 Å². The minimum Gasteiger partial charge on any atom is -0.444 e. The number of carbonyl (C=O) groups excluding carboxylic acids is 2. The van der Waals surface area contributed by atoms with Crippen molar-refractivity contribution in [3.8, 4) is 0 Å². The Balaban J connectivity index is 1.77. The summed E-state index contributed by atoms with van der Waals surface area (Å²) in [5.41, 5.74) is 1.54. The summed E-state index contributed by atoms with van der Waals surface area (Å²) in [5, 5.41) is 19.3. The summed E-state index contributed by atoms with van der Waals surface area (Å²) < 4.78 is 5.13. The van der Waals surface area contributed by atoms with Crippen molar-refractivity contribution in [2.45, 2.75) is 51.0 Å². The Bertz CT molecular complexity index is 669. The van der Waals surface area contributed by atoms with E-state index in [2.05, 4.69) is 16.0 Å². The Morgan fingerprint density at radius 3 is 2.85 bits per heavy atom. The molecule has 148 valence electrons. The topological polar surface area (TPSA) is 99.7 Å². The van der Waals surface area contributed by atoms with Gasteiger partial charge in [0.2, 0.25) is 0 Å². The van der Waals surface area contributed by atoms with Gasteiger partial charge in [-0.3, -0.25) is 0 Å². The molecule has 0 aromatic heterocycles. The second-order valence-electron chi connectivity index (χ2n) is 7.56. The van der Waals surface area contributed by atoms with Crippen molar-refractivity contribution < 1.29 is 19.4 Å². The fourth-order valence-electron chi connectivity index (χ4n) is 2.79. The molecular weight excluding hydrogens is 346 g/mol. The molecule has 7 nitrogen and oxygen atoms in total. The van der Waals surface area contributed by atoms with Crippen LogP contribution in [0.1, 0.15) is 26.3 Å². The predicted octanol–water partition coefficient (Wildman–Crippen LogP) is 1.62. The van der Waals surface area contributed by atoms with Gasteiger partial charge in [0.25, 0.3) is 0 Å². The summed E-state index contributed by atoms with van der Waals surface area (Å²) in [6.45, 7) is 6.07. The van der Waals surface area contributed by atoms with Crippen molar-refractivity contribution in [2.24, 2.45) is 0 Å². The van der Waals surface area contributed by atoms with Gasteiger partial charge in [-0.25, -0.2) is 4.79 Å². The van der Waals surface area contributed by atoms with E-state index in [1.165, 1.54) is 0 Å². The lowest BCUT2D eigenvalue weighted by molar-refractivity contribution is -0.108. The normalized spacial score (nSPS) is 20.4. The highest BCUT2D eigenvalue weighted by atomic mass is 16.6. The zero-order valence-electron chi connectivity index (χ0n) is 16.1. The number of rotatable bonds is 7. The smallest absolute Gasteiger partial charge is 0.407 e. The molecule has 1 heterocycles. The quantitative estimate of drug-likeness (QED) is 0.427. The molecule has 27 heavy (non-hydrogen) atoms. The number of fused-ring (bicyclic) bond motifs is 1. The number of alkyl carbamates (subject to hydrolysis) is 1. The molecule has 0 bridgehead atoms. The van der Waals surface area contributed by atoms with E-state index in [1.54, 1.807) is 32.9 Å². The van der Waals surface area contributed by atoms with Crippen LogP contribution in [0.15, 0.2) is 36.4 Å². The first-order valence-corrected chi connectivity index (χ1v) is 9.13. The number of hydrogen-bond donors (Lipinski definition) is 4. The highest BCUT2D eigenvalue weighted by Crippen LogP contribution is 2.24. The predicted molar refractivity (Wildman–Crippen MR) is 105 cm³/mol. The van der Waals surface area contributed by atoms with E-state index >= 15 is 0 Å². The first kappa shape index (κ1) is 20.9. The monoisotopic (exact) mass is 375 g/mol. The maximum atomic E-state index is 11.6. The van der Waals surface area contributed by atoms with Crippen LogP contribution < -0.4 is 16.0 Å². The lowest BCUT2D eigenvalue weighted by Crippen LogP contribution is -2.48. The van der Waals surface area contributed by atoms with Crippen LogP contribution in [0.2, 0.25) is 0 Å². The zero-order valence-corrected chi connectivity index (χ0v) is 16.1. The van der Waals surface area contributed by atoms with Crippen molar-refractivity contribution in [3.05, 3.63) is 42.0 Å². The van der Waals surface area contributed by atoms with Crippen LogP contribution in [-0.2, 0) is 16.0 Å². The second kappa shape index (κ2) is 9.53. The fraction of sp³-hybridized carbons (Fsp3) is 0.500. The van der Waals surface area contributed by atoms with Gasteiger partial charge >= 0.3 is 6.09 Å². The number of carbonyl (C=O) groups is 2. The van der Waals surface area contributed by atoms with Crippen LogP contribution in [0.4, 0.5) is 10.5 Å². The van der Waals surface area contributed by atoms with Crippen molar-refractivity contribution >= 4 is 18.1 Å². The van der Waals surface area contributed by atoms with Gasteiger partial charge in [-0.2, -0.15) is 0 Å². The maximum absolute atomic E-state index is 11.6. The van der Waals surface area contributed by atoms with E-state index < -0.39 is 23.8 Å². The Hall–Kier alpha value is -2.38. The van der Waals surface area contributed by atoms with Crippen LogP contribution in [0.5, 0.6) is 0 Å². The summed E-state index contributed by atoms with van der Waals surface area (Å²) in [6.07, 6.45) is 3.70. The van der Waals surface area contributed by atoms with Gasteiger partial charge in [0, 0.05) is 25.2 Å². The number of para-hydroxylation sites is 1. The molecule has 3 unspecified atom stereocenters. The van der Waals surface area contributed by atoms with E-state index in [1.807, 2.05) is 24.3 Å². The lowest BCUT2D eigenvalue weighted by atomic mass is 9.95. The molecule has 1 aromatic carbocycles. The molecule has 0 saturated heterocycles. The van der Waals surface area contributed by atoms with Gasteiger partial charge in [-0.05, 0) is 32.4 Å². The molecular formula is C20H29N3O4. The van der Waals surface area contributed by atoms with Gasteiger partial charge < -0.3 is 30.6 Å². The van der Waals surface area contributed by atoms with Gasteiger partial charge in [0.1, 0.15) is 11.9 Å². The van der Waals surface area contributed by atoms with Crippen molar-refractivity contribution in [3.63, 3.8) is 0 Å². The van der Waals surface area contributed by atoms with Crippen molar-refractivity contribution in [1.29, 1.82) is 0 Å². The highest BCUT2D eigenvalue weighted by molar-refractivity contribution is 5.68. The Kier molecular flexibility index (Phi) is 7.38. The summed E-state index contributed by atoms with van der Waals surface area (Å²) >= 11 is 0. The number of ether oxygens (including phenoxy) is 1. The molecule has 1 aliphatic rings. The van der Waals surface area contributed by atoms with Crippen LogP contribution in [-0.4, -0.2) is 54.4 Å². The summed E-state index contributed by atoms with van der Waals surface area (Å²) in [5.74, 6) is 0. The van der Waals surface area contributed by atoms with Crippen LogP contribution in [0.25, 0.3) is 0 Å². The number of aliphatic hydroxyl groups excluding tert-OH is 1. The number of nitrogens with one attached hydrogen (secondary N) is 3. The SMILES string of the molecule is CC(C)(C)OC(=O)NC/C=C/C(C=O)NCC1Nc2ccccc2CC1O. The second-order valence-corrected chi connectivity index (χ2v) is 7.56. The molecule has 0 aliphatic carbocycles. The van der Waals surface area contributed by atoms with E-state index in [-0.39, 0.29) is 12.6 Å². The Morgan fingerprint density at radius 2 is 2.15 bits per heavy atom. The molecule has 0 spiro atoms. The average Bonchev–Trinajstić information content (AvgIpc) is 2.59.